The van der Waals surface area contributed by atoms with E-state index in [9.17, 15) is 4.79 Å². The largest absolute Gasteiger partial charge is 0.449 e. The lowest BCUT2D eigenvalue weighted by molar-refractivity contribution is 0.143. The summed E-state index contributed by atoms with van der Waals surface area (Å²) in [6, 6.07) is 16.8. The fraction of sp³-hybridized carbons (Fsp3) is 0.375. The van der Waals surface area contributed by atoms with Gasteiger partial charge in [0.25, 0.3) is 0 Å². The lowest BCUT2D eigenvalue weighted by Gasteiger charge is -2.14. The average Bonchev–Trinajstić information content (AvgIpc) is 3.02. The van der Waals surface area contributed by atoms with Crippen molar-refractivity contribution in [1.29, 1.82) is 0 Å². The molecule has 0 heterocycles. The summed E-state index contributed by atoms with van der Waals surface area (Å²) in [5, 5.41) is 2.88. The van der Waals surface area contributed by atoms with Crippen molar-refractivity contribution < 1.29 is 9.53 Å². The molecule has 0 spiro atoms. The predicted molar refractivity (Wildman–Crippen MR) is 111 cm³/mol. The first kappa shape index (κ1) is 19.2. The third kappa shape index (κ3) is 5.00. The number of carbonyl (C=O) groups excluding carboxylic acids is 1. The number of unbranched alkanes of at least 4 members (excludes halogenated alkanes) is 5. The smallest absolute Gasteiger partial charge is 0.407 e. The zero-order valence-electron chi connectivity index (χ0n) is 16.0. The van der Waals surface area contributed by atoms with E-state index >= 15 is 0 Å². The Morgan fingerprint density at radius 3 is 2.19 bits per heavy atom. The minimum absolute atomic E-state index is 0.119. The first-order chi connectivity index (χ1) is 13.3. The lowest BCUT2D eigenvalue weighted by atomic mass is 9.98. The maximum absolute atomic E-state index is 12.1. The Hall–Kier alpha value is -2.55. The Labute approximate surface area is 162 Å². The Morgan fingerprint density at radius 1 is 0.926 bits per heavy atom. The van der Waals surface area contributed by atoms with E-state index < -0.39 is 0 Å². The SMILES string of the molecule is C=CCCCCCCCNC(=O)OCC1c2ccccc2-c2ccccc21. The maximum atomic E-state index is 12.1. The van der Waals surface area contributed by atoms with Crippen LogP contribution in [0.3, 0.4) is 0 Å². The molecule has 0 atom stereocenters. The third-order valence-corrected chi connectivity index (χ3v) is 5.20. The molecule has 3 nitrogen and oxygen atoms in total. The number of alkyl carbamates (subject to hydrolysis) is 1. The molecule has 2 aromatic carbocycles. The van der Waals surface area contributed by atoms with Gasteiger partial charge < -0.3 is 10.1 Å². The van der Waals surface area contributed by atoms with Crippen LogP contribution in [0.5, 0.6) is 0 Å². The third-order valence-electron chi connectivity index (χ3n) is 5.20. The first-order valence-corrected chi connectivity index (χ1v) is 10.0. The van der Waals surface area contributed by atoms with Crippen molar-refractivity contribution in [1.82, 2.24) is 5.32 Å². The second kappa shape index (κ2) is 9.96. The van der Waals surface area contributed by atoms with Gasteiger partial charge in [-0.2, -0.15) is 0 Å². The van der Waals surface area contributed by atoms with Crippen LogP contribution in [0.2, 0.25) is 0 Å². The highest BCUT2D eigenvalue weighted by molar-refractivity contribution is 5.79. The molecule has 0 aliphatic heterocycles. The Morgan fingerprint density at radius 2 is 1.52 bits per heavy atom. The number of benzene rings is 2. The normalized spacial score (nSPS) is 12.3. The molecule has 1 N–H and O–H groups in total. The van der Waals surface area contributed by atoms with E-state index in [0.29, 0.717) is 13.2 Å². The van der Waals surface area contributed by atoms with Gasteiger partial charge in [0.05, 0.1) is 0 Å². The van der Waals surface area contributed by atoms with Crippen LogP contribution in [0, 0.1) is 0 Å². The summed E-state index contributed by atoms with van der Waals surface area (Å²) in [6.07, 6.45) is 8.54. The van der Waals surface area contributed by atoms with Gasteiger partial charge in [-0.3, -0.25) is 0 Å². The monoisotopic (exact) mass is 363 g/mol. The molecular formula is C24H29NO2. The van der Waals surface area contributed by atoms with Crippen LogP contribution in [-0.4, -0.2) is 19.2 Å². The van der Waals surface area contributed by atoms with Crippen LogP contribution in [0.25, 0.3) is 11.1 Å². The number of rotatable bonds is 10. The Balaban J connectivity index is 1.42. The highest BCUT2D eigenvalue weighted by Crippen LogP contribution is 2.44. The maximum Gasteiger partial charge on any atom is 0.407 e. The van der Waals surface area contributed by atoms with Crippen molar-refractivity contribution in [2.75, 3.05) is 13.2 Å². The van der Waals surface area contributed by atoms with Gasteiger partial charge in [0.1, 0.15) is 6.61 Å². The fourth-order valence-electron chi connectivity index (χ4n) is 3.78. The van der Waals surface area contributed by atoms with E-state index in [1.54, 1.807) is 0 Å². The summed E-state index contributed by atoms with van der Waals surface area (Å²) in [6.45, 7) is 4.79. The number of ether oxygens (including phenoxy) is 1. The quantitative estimate of drug-likeness (QED) is 0.412. The van der Waals surface area contributed by atoms with Gasteiger partial charge in [-0.05, 0) is 41.5 Å². The number of nitrogens with one attached hydrogen (secondary N) is 1. The standard InChI is InChI=1S/C24H29NO2/c1-2-3-4-5-6-7-12-17-25-24(26)27-18-23-21-15-10-8-13-19(21)20-14-9-11-16-22(20)23/h2,8-11,13-16,23H,1,3-7,12,17-18H2,(H,25,26). The molecule has 1 aliphatic rings. The van der Waals surface area contributed by atoms with Gasteiger partial charge in [-0.15, -0.1) is 6.58 Å². The molecule has 142 valence electrons. The van der Waals surface area contributed by atoms with E-state index in [2.05, 4.69) is 48.3 Å². The number of allylic oxidation sites excluding steroid dienone is 1. The lowest BCUT2D eigenvalue weighted by Crippen LogP contribution is -2.27. The van der Waals surface area contributed by atoms with Crippen LogP contribution >= 0.6 is 0 Å². The van der Waals surface area contributed by atoms with Gasteiger partial charge in [0.2, 0.25) is 0 Å². The number of amides is 1. The van der Waals surface area contributed by atoms with Gasteiger partial charge in [0, 0.05) is 12.5 Å². The number of carbonyl (C=O) groups is 1. The summed E-state index contributed by atoms with van der Waals surface area (Å²) < 4.78 is 5.54. The second-order valence-electron chi connectivity index (χ2n) is 7.10. The topological polar surface area (TPSA) is 38.3 Å². The Kier molecular flexibility index (Phi) is 7.09. The summed E-state index contributed by atoms with van der Waals surface area (Å²) in [5.74, 6) is 0.119. The van der Waals surface area contributed by atoms with Gasteiger partial charge in [-0.25, -0.2) is 4.79 Å². The van der Waals surface area contributed by atoms with Gasteiger partial charge >= 0.3 is 6.09 Å². The molecule has 0 bridgehead atoms. The fourth-order valence-corrected chi connectivity index (χ4v) is 3.78. The number of fused-ring (bicyclic) bond motifs is 3. The minimum atomic E-state index is -0.316. The van der Waals surface area contributed by atoms with Gasteiger partial charge in [0.15, 0.2) is 0 Å². The molecule has 0 fully saturated rings. The van der Waals surface area contributed by atoms with E-state index in [1.165, 1.54) is 41.5 Å². The molecule has 27 heavy (non-hydrogen) atoms. The number of hydrogen-bond donors (Lipinski definition) is 1. The van der Waals surface area contributed by atoms with Crippen LogP contribution in [0.4, 0.5) is 4.79 Å². The summed E-state index contributed by atoms with van der Waals surface area (Å²) >= 11 is 0. The molecule has 0 saturated heterocycles. The van der Waals surface area contributed by atoms with Crippen LogP contribution < -0.4 is 5.32 Å². The zero-order valence-corrected chi connectivity index (χ0v) is 16.0. The van der Waals surface area contributed by atoms with Crippen molar-refractivity contribution >= 4 is 6.09 Å². The van der Waals surface area contributed by atoms with Crippen LogP contribution in [0.15, 0.2) is 61.2 Å². The molecule has 0 radical (unpaired) electrons. The van der Waals surface area contributed by atoms with E-state index in [1.807, 2.05) is 18.2 Å². The summed E-state index contributed by atoms with van der Waals surface area (Å²) in [7, 11) is 0. The Bertz CT molecular complexity index is 723. The molecule has 0 unspecified atom stereocenters. The van der Waals surface area contributed by atoms with Crippen molar-refractivity contribution in [2.45, 2.75) is 44.4 Å². The molecule has 3 heteroatoms. The van der Waals surface area contributed by atoms with E-state index in [-0.39, 0.29) is 12.0 Å². The van der Waals surface area contributed by atoms with Crippen molar-refractivity contribution in [2.24, 2.45) is 0 Å². The molecule has 0 aromatic heterocycles. The number of hydrogen-bond acceptors (Lipinski definition) is 2. The van der Waals surface area contributed by atoms with Gasteiger partial charge in [-0.1, -0.05) is 73.9 Å². The van der Waals surface area contributed by atoms with E-state index in [4.69, 9.17) is 4.74 Å². The van der Waals surface area contributed by atoms with Crippen LogP contribution in [-0.2, 0) is 4.74 Å². The zero-order chi connectivity index (χ0) is 18.9. The van der Waals surface area contributed by atoms with E-state index in [0.717, 1.165) is 19.3 Å². The molecule has 1 aliphatic carbocycles. The average molecular weight is 364 g/mol. The molecule has 2 aromatic rings. The molecule has 0 saturated carbocycles. The minimum Gasteiger partial charge on any atom is -0.449 e. The first-order valence-electron chi connectivity index (χ1n) is 10.0. The molecule has 3 rings (SSSR count). The summed E-state index contributed by atoms with van der Waals surface area (Å²) in [5.41, 5.74) is 4.98. The van der Waals surface area contributed by atoms with Crippen molar-refractivity contribution in [3.05, 3.63) is 72.3 Å². The highest BCUT2D eigenvalue weighted by Gasteiger charge is 2.28. The van der Waals surface area contributed by atoms with Crippen molar-refractivity contribution in [3.63, 3.8) is 0 Å². The highest BCUT2D eigenvalue weighted by atomic mass is 16.5. The summed E-state index contributed by atoms with van der Waals surface area (Å²) in [4.78, 5) is 12.1. The molecular weight excluding hydrogens is 334 g/mol. The predicted octanol–water partition coefficient (Wildman–Crippen LogP) is 6.05. The molecule has 1 amide bonds. The van der Waals surface area contributed by atoms with Crippen molar-refractivity contribution in [3.8, 4) is 11.1 Å². The second-order valence-corrected chi connectivity index (χ2v) is 7.10. The van der Waals surface area contributed by atoms with Crippen LogP contribution in [0.1, 0.15) is 55.6 Å².